The van der Waals surface area contributed by atoms with E-state index in [9.17, 15) is 39.0 Å². The molecule has 39 heavy (non-hydrogen) atoms. The minimum Gasteiger partial charge on any atom is -0.481 e. The van der Waals surface area contributed by atoms with Crippen LogP contribution in [0.1, 0.15) is 38.5 Å². The largest absolute Gasteiger partial charge is 0.481 e. The highest BCUT2D eigenvalue weighted by Gasteiger charge is 2.69. The Morgan fingerprint density at radius 3 is 1.95 bits per heavy atom. The van der Waals surface area contributed by atoms with Gasteiger partial charge in [0.2, 0.25) is 0 Å². The average Bonchev–Trinajstić information content (AvgIpc) is 3.71. The summed E-state index contributed by atoms with van der Waals surface area (Å²) >= 11 is 0. The fourth-order valence-electron chi connectivity index (χ4n) is 10.9. The standard InChI is InChI=1S/C28H30O11/c29-16(6-9-7-1-10-12(2-7)26(34)38-22(9)10)17-14-5-15(18(17)24(30)31)20(19(14)25(32)33)28(36)37-21-8-3-11-13(4-8)27(35)39-23(11)21/h7-15,17-23H,1-6H2,(H,30,31)(H,32,33). The smallest absolute Gasteiger partial charge is 0.310 e. The van der Waals surface area contributed by atoms with Crippen molar-refractivity contribution in [2.75, 3.05) is 0 Å². The van der Waals surface area contributed by atoms with Gasteiger partial charge in [-0.3, -0.25) is 28.8 Å². The van der Waals surface area contributed by atoms with Crippen LogP contribution in [0.25, 0.3) is 0 Å². The van der Waals surface area contributed by atoms with Crippen molar-refractivity contribution >= 4 is 35.6 Å². The zero-order chi connectivity index (χ0) is 27.1. The highest BCUT2D eigenvalue weighted by Crippen LogP contribution is 2.62. The van der Waals surface area contributed by atoms with Crippen molar-refractivity contribution in [1.29, 1.82) is 0 Å². The maximum Gasteiger partial charge on any atom is 0.310 e. The Labute approximate surface area is 222 Å². The van der Waals surface area contributed by atoms with Crippen molar-refractivity contribution in [2.24, 2.45) is 76.9 Å². The summed E-state index contributed by atoms with van der Waals surface area (Å²) in [6.45, 7) is 0. The van der Waals surface area contributed by atoms with E-state index in [-0.39, 0.29) is 78.1 Å². The van der Waals surface area contributed by atoms with Crippen molar-refractivity contribution in [3.8, 4) is 0 Å². The number of rotatable bonds is 7. The maximum atomic E-state index is 13.7. The van der Waals surface area contributed by atoms with Crippen LogP contribution in [0, 0.1) is 76.9 Å². The van der Waals surface area contributed by atoms with Crippen LogP contribution in [0.5, 0.6) is 0 Å². The van der Waals surface area contributed by atoms with Gasteiger partial charge < -0.3 is 24.4 Å². The van der Waals surface area contributed by atoms with Gasteiger partial charge in [-0.1, -0.05) is 0 Å². The second-order valence-corrected chi connectivity index (χ2v) is 13.4. The predicted molar refractivity (Wildman–Crippen MR) is 123 cm³/mol. The fourth-order valence-corrected chi connectivity index (χ4v) is 10.9. The average molecular weight is 543 g/mol. The lowest BCUT2D eigenvalue weighted by Gasteiger charge is -2.37. The molecule has 2 aliphatic heterocycles. The molecule has 0 spiro atoms. The molecule has 6 aliphatic carbocycles. The van der Waals surface area contributed by atoms with Crippen LogP contribution in [0.2, 0.25) is 0 Å². The van der Waals surface area contributed by atoms with E-state index in [1.54, 1.807) is 0 Å². The zero-order valence-electron chi connectivity index (χ0n) is 21.0. The number of hydrogen-bond donors (Lipinski definition) is 2. The van der Waals surface area contributed by atoms with Gasteiger partial charge in [0.1, 0.15) is 24.1 Å². The maximum absolute atomic E-state index is 13.7. The Morgan fingerprint density at radius 1 is 0.692 bits per heavy atom. The fraction of sp³-hybridized carbons (Fsp3) is 0.786. The number of ether oxygens (including phenoxy) is 3. The molecule has 0 amide bonds. The molecule has 6 saturated carbocycles. The van der Waals surface area contributed by atoms with E-state index in [1.807, 2.05) is 0 Å². The number of carboxylic acids is 2. The first-order valence-electron chi connectivity index (χ1n) is 14.2. The minimum atomic E-state index is -1.24. The lowest BCUT2D eigenvalue weighted by atomic mass is 9.65. The molecule has 11 heteroatoms. The molecule has 208 valence electrons. The summed E-state index contributed by atoms with van der Waals surface area (Å²) in [5.74, 6) is -10.4. The van der Waals surface area contributed by atoms with Crippen molar-refractivity contribution < 1.29 is 53.2 Å². The summed E-state index contributed by atoms with van der Waals surface area (Å²) in [4.78, 5) is 76.5. The third-order valence-electron chi connectivity index (χ3n) is 12.1. The molecule has 11 nitrogen and oxygen atoms in total. The van der Waals surface area contributed by atoms with E-state index in [0.29, 0.717) is 19.3 Å². The summed E-state index contributed by atoms with van der Waals surface area (Å²) in [6.07, 6.45) is 1.52. The lowest BCUT2D eigenvalue weighted by Crippen LogP contribution is -2.49. The molecule has 0 radical (unpaired) electrons. The van der Waals surface area contributed by atoms with Gasteiger partial charge in [-0.05, 0) is 49.9 Å². The van der Waals surface area contributed by atoms with Crippen molar-refractivity contribution in [3.05, 3.63) is 0 Å². The molecule has 2 heterocycles. The summed E-state index contributed by atoms with van der Waals surface area (Å²) in [6, 6.07) is 0. The molecular weight excluding hydrogens is 512 g/mol. The Hall–Kier alpha value is -2.98. The monoisotopic (exact) mass is 542 g/mol. The minimum absolute atomic E-state index is 0.00430. The van der Waals surface area contributed by atoms with Gasteiger partial charge in [0.25, 0.3) is 0 Å². The van der Waals surface area contributed by atoms with E-state index >= 15 is 0 Å². The Balaban J connectivity index is 1.03. The second-order valence-electron chi connectivity index (χ2n) is 13.4. The van der Waals surface area contributed by atoms with E-state index in [4.69, 9.17) is 14.2 Å². The van der Waals surface area contributed by atoms with Gasteiger partial charge >= 0.3 is 29.8 Å². The second kappa shape index (κ2) is 7.81. The molecule has 0 aromatic heterocycles. The van der Waals surface area contributed by atoms with Crippen LogP contribution in [0.4, 0.5) is 0 Å². The molecule has 6 bridgehead atoms. The van der Waals surface area contributed by atoms with E-state index < -0.39 is 65.6 Å². The van der Waals surface area contributed by atoms with Gasteiger partial charge in [0, 0.05) is 36.0 Å². The molecule has 8 fully saturated rings. The van der Waals surface area contributed by atoms with Gasteiger partial charge in [-0.15, -0.1) is 0 Å². The van der Waals surface area contributed by atoms with E-state index in [1.165, 1.54) is 0 Å². The van der Waals surface area contributed by atoms with E-state index in [2.05, 4.69) is 0 Å². The lowest BCUT2D eigenvalue weighted by molar-refractivity contribution is -0.177. The van der Waals surface area contributed by atoms with Crippen LogP contribution >= 0.6 is 0 Å². The predicted octanol–water partition coefficient (Wildman–Crippen LogP) is 0.920. The van der Waals surface area contributed by atoms with Gasteiger partial charge in [-0.25, -0.2) is 0 Å². The normalized spacial score (nSPS) is 52.8. The van der Waals surface area contributed by atoms with Crippen molar-refractivity contribution in [3.63, 3.8) is 0 Å². The number of esters is 3. The SMILES string of the molecule is O=C1OC2C(CC(=O)C3C4CC(C3C(=O)O)C(C(=O)OC3C5CC6C(=O)OC3C6C5)C4C(=O)O)C3CC1C2C3. The number of carbonyl (C=O) groups excluding carboxylic acids is 4. The van der Waals surface area contributed by atoms with Crippen molar-refractivity contribution in [2.45, 2.75) is 56.8 Å². The first-order valence-corrected chi connectivity index (χ1v) is 14.2. The first kappa shape index (κ1) is 23.9. The third kappa shape index (κ3) is 2.99. The molecule has 2 saturated heterocycles. The molecule has 8 aliphatic rings. The number of carboxylic acid groups (broad SMARTS) is 2. The van der Waals surface area contributed by atoms with Gasteiger partial charge in [-0.2, -0.15) is 0 Å². The summed E-state index contributed by atoms with van der Waals surface area (Å²) in [7, 11) is 0. The third-order valence-corrected chi connectivity index (χ3v) is 12.1. The molecule has 2 N–H and O–H groups in total. The number of carbonyl (C=O) groups is 6. The Bertz CT molecular complexity index is 1130. The number of hydrogen-bond acceptors (Lipinski definition) is 9. The van der Waals surface area contributed by atoms with Gasteiger partial charge in [0.05, 0.1) is 29.6 Å². The molecule has 8 rings (SSSR count). The first-order chi connectivity index (χ1) is 18.6. The Morgan fingerprint density at radius 2 is 1.26 bits per heavy atom. The summed E-state index contributed by atoms with van der Waals surface area (Å²) in [5.41, 5.74) is 0. The molecule has 16 unspecified atom stereocenters. The number of ketones is 1. The van der Waals surface area contributed by atoms with Crippen LogP contribution in [-0.2, 0) is 43.0 Å². The van der Waals surface area contributed by atoms with Crippen LogP contribution in [-0.4, -0.2) is 64.2 Å². The summed E-state index contributed by atoms with van der Waals surface area (Å²) in [5, 5.41) is 20.4. The molecule has 0 aromatic carbocycles. The highest BCUT2D eigenvalue weighted by molar-refractivity contribution is 5.92. The van der Waals surface area contributed by atoms with E-state index in [0.717, 1.165) is 6.42 Å². The van der Waals surface area contributed by atoms with Gasteiger partial charge in [0.15, 0.2) is 0 Å². The van der Waals surface area contributed by atoms with Crippen molar-refractivity contribution in [1.82, 2.24) is 0 Å². The molecular formula is C28H30O11. The van der Waals surface area contributed by atoms with Crippen LogP contribution in [0.15, 0.2) is 0 Å². The quantitative estimate of drug-likeness (QED) is 0.346. The highest BCUT2D eigenvalue weighted by atomic mass is 16.6. The number of fused-ring (bicyclic) bond motifs is 4. The van der Waals surface area contributed by atoms with Crippen LogP contribution in [0.3, 0.4) is 0 Å². The van der Waals surface area contributed by atoms with Crippen LogP contribution < -0.4 is 0 Å². The molecule has 0 aromatic rings. The topological polar surface area (TPSA) is 171 Å². The number of Topliss-reactive ketones (excluding diaryl/α,β-unsaturated/α-hetero) is 1. The zero-order valence-corrected chi connectivity index (χ0v) is 21.0. The molecule has 16 atom stereocenters. The number of aliphatic carboxylic acids is 2. The summed E-state index contributed by atoms with van der Waals surface area (Å²) < 4.78 is 16.9. The Kier molecular flexibility index (Phi) is 4.78.